The summed E-state index contributed by atoms with van der Waals surface area (Å²) in [6, 6.07) is 3.02. The highest BCUT2D eigenvalue weighted by atomic mass is 35.5. The van der Waals surface area contributed by atoms with Crippen LogP contribution in [0.25, 0.3) is 0 Å². The third-order valence-electron chi connectivity index (χ3n) is 1.83. The topological polar surface area (TPSA) is 29.5 Å². The zero-order valence-corrected chi connectivity index (χ0v) is 8.81. The third-order valence-corrected chi connectivity index (χ3v) is 2.21. The number of benzene rings is 1. The standard InChI is InChI=1S/C10H12ClFO2/c1-3-14-8-5-4-7(6(2)13)9(11)10(8)12/h4-6,13H,3H2,1-2H3. The molecule has 1 N–H and O–H groups in total. The van der Waals surface area contributed by atoms with Gasteiger partial charge in [-0.1, -0.05) is 17.7 Å². The molecule has 1 aromatic carbocycles. The highest BCUT2D eigenvalue weighted by Gasteiger charge is 2.14. The summed E-state index contributed by atoms with van der Waals surface area (Å²) in [6.45, 7) is 3.66. The van der Waals surface area contributed by atoms with E-state index in [-0.39, 0.29) is 10.8 Å². The van der Waals surface area contributed by atoms with Crippen LogP contribution < -0.4 is 4.74 Å². The van der Waals surface area contributed by atoms with Crippen LogP contribution >= 0.6 is 11.6 Å². The molecule has 0 radical (unpaired) electrons. The van der Waals surface area contributed by atoms with E-state index in [0.29, 0.717) is 12.2 Å². The number of ether oxygens (including phenoxy) is 1. The Bertz CT molecular complexity index is 326. The lowest BCUT2D eigenvalue weighted by molar-refractivity contribution is 0.198. The minimum atomic E-state index is -0.785. The second-order valence-corrected chi connectivity index (χ2v) is 3.27. The van der Waals surface area contributed by atoms with Crippen LogP contribution in [-0.2, 0) is 0 Å². The van der Waals surface area contributed by atoms with Crippen molar-refractivity contribution in [3.8, 4) is 5.75 Å². The van der Waals surface area contributed by atoms with Crippen LogP contribution in [0.1, 0.15) is 25.5 Å². The summed E-state index contributed by atoms with van der Waals surface area (Å²) in [7, 11) is 0. The predicted molar refractivity (Wildman–Crippen MR) is 53.2 cm³/mol. The molecule has 0 aliphatic rings. The van der Waals surface area contributed by atoms with Crippen LogP contribution in [-0.4, -0.2) is 11.7 Å². The van der Waals surface area contributed by atoms with E-state index in [0.717, 1.165) is 0 Å². The van der Waals surface area contributed by atoms with Gasteiger partial charge in [0.25, 0.3) is 0 Å². The lowest BCUT2D eigenvalue weighted by Gasteiger charge is -2.11. The molecule has 1 atom stereocenters. The Morgan fingerprint density at radius 3 is 2.71 bits per heavy atom. The summed E-state index contributed by atoms with van der Waals surface area (Å²) in [5.74, 6) is -0.506. The number of hydrogen-bond donors (Lipinski definition) is 1. The molecular weight excluding hydrogens is 207 g/mol. The summed E-state index contributed by atoms with van der Waals surface area (Å²) >= 11 is 5.71. The van der Waals surface area contributed by atoms with Gasteiger partial charge in [0.1, 0.15) is 0 Å². The Balaban J connectivity index is 3.12. The third kappa shape index (κ3) is 2.16. The largest absolute Gasteiger partial charge is 0.491 e. The summed E-state index contributed by atoms with van der Waals surface area (Å²) < 4.78 is 18.5. The average molecular weight is 219 g/mol. The lowest BCUT2D eigenvalue weighted by atomic mass is 10.1. The van der Waals surface area contributed by atoms with E-state index in [1.165, 1.54) is 13.0 Å². The molecule has 0 aliphatic carbocycles. The molecule has 78 valence electrons. The number of aliphatic hydroxyl groups is 1. The first kappa shape index (κ1) is 11.3. The SMILES string of the molecule is CCOc1ccc(C(C)O)c(Cl)c1F. The number of aliphatic hydroxyl groups excluding tert-OH is 1. The van der Waals surface area contributed by atoms with Crippen molar-refractivity contribution in [1.82, 2.24) is 0 Å². The Morgan fingerprint density at radius 1 is 1.57 bits per heavy atom. The molecule has 1 aromatic rings. The van der Waals surface area contributed by atoms with Gasteiger partial charge < -0.3 is 9.84 Å². The van der Waals surface area contributed by atoms with E-state index in [9.17, 15) is 9.50 Å². The number of halogens is 2. The van der Waals surface area contributed by atoms with Gasteiger partial charge in [-0.15, -0.1) is 0 Å². The molecule has 2 nitrogen and oxygen atoms in total. The summed E-state index contributed by atoms with van der Waals surface area (Å²) in [4.78, 5) is 0. The van der Waals surface area contributed by atoms with Crippen LogP contribution in [0.5, 0.6) is 5.75 Å². The van der Waals surface area contributed by atoms with Gasteiger partial charge in [-0.25, -0.2) is 4.39 Å². The van der Waals surface area contributed by atoms with Crippen molar-refractivity contribution in [3.63, 3.8) is 0 Å². The number of rotatable bonds is 3. The monoisotopic (exact) mass is 218 g/mol. The molecule has 0 aromatic heterocycles. The summed E-state index contributed by atoms with van der Waals surface area (Å²) in [5, 5.41) is 9.18. The van der Waals surface area contributed by atoms with Crippen LogP contribution in [0.15, 0.2) is 12.1 Å². The smallest absolute Gasteiger partial charge is 0.183 e. The maximum Gasteiger partial charge on any atom is 0.183 e. The van der Waals surface area contributed by atoms with E-state index < -0.39 is 11.9 Å². The van der Waals surface area contributed by atoms with E-state index in [1.807, 2.05) is 0 Å². The van der Waals surface area contributed by atoms with Gasteiger partial charge in [0.05, 0.1) is 17.7 Å². The van der Waals surface area contributed by atoms with Gasteiger partial charge in [0.2, 0.25) is 0 Å². The Kier molecular flexibility index (Phi) is 3.72. The average Bonchev–Trinajstić information content (AvgIpc) is 2.13. The fourth-order valence-corrected chi connectivity index (χ4v) is 1.45. The Hall–Kier alpha value is -0.800. The molecule has 0 saturated heterocycles. The molecule has 14 heavy (non-hydrogen) atoms. The molecule has 4 heteroatoms. The normalized spacial score (nSPS) is 12.6. The molecule has 0 spiro atoms. The second-order valence-electron chi connectivity index (χ2n) is 2.89. The van der Waals surface area contributed by atoms with Gasteiger partial charge in [-0.05, 0) is 19.9 Å². The van der Waals surface area contributed by atoms with Crippen LogP contribution in [0.2, 0.25) is 5.02 Å². The predicted octanol–water partition coefficient (Wildman–Crippen LogP) is 2.93. The van der Waals surface area contributed by atoms with Crippen LogP contribution in [0.4, 0.5) is 4.39 Å². The van der Waals surface area contributed by atoms with Gasteiger partial charge in [-0.2, -0.15) is 0 Å². The highest BCUT2D eigenvalue weighted by molar-refractivity contribution is 6.31. The van der Waals surface area contributed by atoms with Crippen molar-refractivity contribution in [2.45, 2.75) is 20.0 Å². The second kappa shape index (κ2) is 4.62. The molecule has 1 rings (SSSR count). The fraction of sp³-hybridized carbons (Fsp3) is 0.400. The summed E-state index contributed by atoms with van der Waals surface area (Å²) in [6.07, 6.45) is -0.785. The quantitative estimate of drug-likeness (QED) is 0.845. The first-order chi connectivity index (χ1) is 6.57. The number of hydrogen-bond acceptors (Lipinski definition) is 2. The maximum absolute atomic E-state index is 13.4. The fourth-order valence-electron chi connectivity index (χ4n) is 1.14. The molecule has 0 fully saturated rings. The van der Waals surface area contributed by atoms with Gasteiger partial charge in [-0.3, -0.25) is 0 Å². The van der Waals surface area contributed by atoms with Gasteiger partial charge in [0, 0.05) is 5.56 Å². The molecule has 0 saturated carbocycles. The van der Waals surface area contributed by atoms with E-state index in [4.69, 9.17) is 16.3 Å². The van der Waals surface area contributed by atoms with E-state index in [2.05, 4.69) is 0 Å². The molecular formula is C10H12ClFO2. The Labute approximate surface area is 87.3 Å². The minimum absolute atomic E-state index is 0.0778. The first-order valence-electron chi connectivity index (χ1n) is 4.36. The lowest BCUT2D eigenvalue weighted by Crippen LogP contribution is -1.99. The van der Waals surface area contributed by atoms with Crippen molar-refractivity contribution in [2.24, 2.45) is 0 Å². The Morgan fingerprint density at radius 2 is 2.21 bits per heavy atom. The first-order valence-corrected chi connectivity index (χ1v) is 4.74. The van der Waals surface area contributed by atoms with Crippen molar-refractivity contribution < 1.29 is 14.2 Å². The molecule has 0 heterocycles. The van der Waals surface area contributed by atoms with Gasteiger partial charge in [0.15, 0.2) is 11.6 Å². The zero-order chi connectivity index (χ0) is 10.7. The van der Waals surface area contributed by atoms with Crippen LogP contribution in [0.3, 0.4) is 0 Å². The van der Waals surface area contributed by atoms with Crippen molar-refractivity contribution in [1.29, 1.82) is 0 Å². The molecule has 0 bridgehead atoms. The summed E-state index contributed by atoms with van der Waals surface area (Å²) in [5.41, 5.74) is 0.368. The highest BCUT2D eigenvalue weighted by Crippen LogP contribution is 2.31. The van der Waals surface area contributed by atoms with Crippen molar-refractivity contribution in [3.05, 3.63) is 28.5 Å². The van der Waals surface area contributed by atoms with Crippen molar-refractivity contribution in [2.75, 3.05) is 6.61 Å². The maximum atomic E-state index is 13.4. The van der Waals surface area contributed by atoms with Gasteiger partial charge >= 0.3 is 0 Å². The molecule has 1 unspecified atom stereocenters. The van der Waals surface area contributed by atoms with Crippen molar-refractivity contribution >= 4 is 11.6 Å². The molecule has 0 amide bonds. The molecule has 0 aliphatic heterocycles. The van der Waals surface area contributed by atoms with E-state index >= 15 is 0 Å². The minimum Gasteiger partial charge on any atom is -0.491 e. The van der Waals surface area contributed by atoms with Crippen LogP contribution in [0, 0.1) is 5.82 Å². The van der Waals surface area contributed by atoms with E-state index in [1.54, 1.807) is 13.0 Å². The zero-order valence-electron chi connectivity index (χ0n) is 8.05.